The lowest BCUT2D eigenvalue weighted by Crippen LogP contribution is -2.59. The van der Waals surface area contributed by atoms with Crippen LogP contribution in [0, 0.1) is 0 Å². The van der Waals surface area contributed by atoms with Gasteiger partial charge < -0.3 is 9.38 Å². The van der Waals surface area contributed by atoms with Crippen molar-refractivity contribution in [2.45, 2.75) is 78.6 Å². The van der Waals surface area contributed by atoms with E-state index in [2.05, 4.69) is 60.0 Å². The van der Waals surface area contributed by atoms with Crippen LogP contribution in [0.2, 0.25) is 0 Å². The lowest BCUT2D eigenvalue weighted by Gasteiger charge is -2.41. The minimum atomic E-state index is -0.217. The van der Waals surface area contributed by atoms with Crippen LogP contribution in [-0.4, -0.2) is 54.5 Å². The average molecular weight is 436 g/mol. The Morgan fingerprint density at radius 2 is 1.40 bits per heavy atom. The predicted octanol–water partition coefficient (Wildman–Crippen LogP) is 6.62. The summed E-state index contributed by atoms with van der Waals surface area (Å²) in [6.07, 6.45) is 15.2. The van der Waals surface area contributed by atoms with Gasteiger partial charge in [-0.3, -0.25) is 4.79 Å². The van der Waals surface area contributed by atoms with Gasteiger partial charge in [-0.15, -0.1) is 0 Å². The number of hydrogen-bond acceptors (Lipinski definition) is 1. The first-order chi connectivity index (χ1) is 14.0. The molecule has 0 spiro atoms. The molecule has 1 fully saturated rings. The van der Waals surface area contributed by atoms with Gasteiger partial charge in [-0.1, -0.05) is 52.1 Å². The van der Waals surface area contributed by atoms with Gasteiger partial charge >= 0.3 is 0 Å². The second-order valence-corrected chi connectivity index (χ2v) is 10.3. The molecule has 1 atom stereocenters. The summed E-state index contributed by atoms with van der Waals surface area (Å²) in [6, 6.07) is 0. The first-order valence-corrected chi connectivity index (χ1v) is 11.8. The second kappa shape index (κ2) is 13.2. The minimum absolute atomic E-state index is 0.0571. The van der Waals surface area contributed by atoms with Crippen molar-refractivity contribution in [3.05, 3.63) is 46.6 Å². The van der Waals surface area contributed by atoms with Crippen LogP contribution in [-0.2, 0) is 4.79 Å². The molecule has 1 rings (SSSR count). The van der Waals surface area contributed by atoms with Gasteiger partial charge in [0.1, 0.15) is 6.54 Å². The van der Waals surface area contributed by atoms with Crippen LogP contribution in [0.25, 0.3) is 0 Å². The number of likely N-dealkylation sites (N-methyl/N-ethyl adjacent to an activating group) is 1. The van der Waals surface area contributed by atoms with Gasteiger partial charge in [0.25, 0.3) is 0 Å². The summed E-state index contributed by atoms with van der Waals surface area (Å²) in [4.78, 5) is 14.4. The van der Waals surface area contributed by atoms with E-state index in [1.165, 1.54) is 16.7 Å². The molecule has 0 saturated carbocycles. The highest BCUT2D eigenvalue weighted by Crippen LogP contribution is 2.18. The summed E-state index contributed by atoms with van der Waals surface area (Å²) in [6.45, 7) is 13.3. The zero-order valence-corrected chi connectivity index (χ0v) is 21.2. The zero-order chi connectivity index (χ0) is 22.7. The molecule has 4 heteroatoms. The SMILES string of the molecule is CC(C)=CCCC(C)=CCCC(C)=CCCC(C)=CC(=O)N1CC[N+](C)(C)CC1Cl. The molecule has 1 amide bonds. The Morgan fingerprint density at radius 1 is 0.900 bits per heavy atom. The van der Waals surface area contributed by atoms with Crippen LogP contribution in [0.1, 0.15) is 73.1 Å². The standard InChI is InChI=1S/C26H44ClN2O/c1-21(2)11-8-12-22(3)13-9-14-23(4)15-10-16-24(5)19-26(30)28-17-18-29(6,7)20-25(28)27/h11,13,15,19,25H,8-10,12,14,16-18,20H2,1-7H3/q+1. The van der Waals surface area contributed by atoms with Gasteiger partial charge in [0.15, 0.2) is 5.50 Å². The molecule has 30 heavy (non-hydrogen) atoms. The Morgan fingerprint density at radius 3 is 1.90 bits per heavy atom. The number of carbonyl (C=O) groups excluding carboxylic acids is 1. The third kappa shape index (κ3) is 11.2. The maximum atomic E-state index is 12.6. The summed E-state index contributed by atoms with van der Waals surface area (Å²) in [5.41, 5.74) is 5.22. The normalized spacial score (nSPS) is 20.3. The molecular formula is C26H44ClN2O+. The molecule has 1 aliphatic heterocycles. The number of alkyl halides is 1. The molecule has 1 aliphatic rings. The number of amides is 1. The van der Waals surface area contributed by atoms with Crippen molar-refractivity contribution in [2.75, 3.05) is 33.7 Å². The van der Waals surface area contributed by atoms with Crippen molar-refractivity contribution >= 4 is 17.5 Å². The van der Waals surface area contributed by atoms with Gasteiger partial charge in [-0.05, 0) is 73.1 Å². The van der Waals surface area contributed by atoms with E-state index in [1.54, 1.807) is 6.08 Å². The van der Waals surface area contributed by atoms with E-state index in [4.69, 9.17) is 11.6 Å². The number of halogens is 1. The summed E-state index contributed by atoms with van der Waals surface area (Å²) < 4.78 is 0.870. The Kier molecular flexibility index (Phi) is 11.7. The number of rotatable bonds is 10. The highest BCUT2D eigenvalue weighted by Gasteiger charge is 2.33. The summed E-state index contributed by atoms with van der Waals surface area (Å²) in [7, 11) is 4.32. The van der Waals surface area contributed by atoms with E-state index in [9.17, 15) is 4.79 Å². The van der Waals surface area contributed by atoms with Gasteiger partial charge in [-0.25, -0.2) is 0 Å². The molecule has 0 bridgehead atoms. The van der Waals surface area contributed by atoms with Crippen molar-refractivity contribution in [3.8, 4) is 0 Å². The Hall–Kier alpha value is -1.32. The lowest BCUT2D eigenvalue weighted by molar-refractivity contribution is -0.895. The van der Waals surface area contributed by atoms with Gasteiger partial charge in [0, 0.05) is 6.08 Å². The maximum absolute atomic E-state index is 12.6. The number of nitrogens with zero attached hydrogens (tertiary/aromatic N) is 2. The smallest absolute Gasteiger partial charge is 0.248 e. The largest absolute Gasteiger partial charge is 0.324 e. The quantitative estimate of drug-likeness (QED) is 0.124. The van der Waals surface area contributed by atoms with E-state index >= 15 is 0 Å². The van der Waals surface area contributed by atoms with Crippen LogP contribution in [0.15, 0.2) is 46.6 Å². The number of carbonyl (C=O) groups is 1. The third-order valence-corrected chi connectivity index (χ3v) is 6.11. The molecule has 170 valence electrons. The Balaban J connectivity index is 2.37. The first kappa shape index (κ1) is 26.7. The van der Waals surface area contributed by atoms with Crippen LogP contribution >= 0.6 is 11.6 Å². The summed E-state index contributed by atoms with van der Waals surface area (Å²) in [5.74, 6) is 0.0571. The predicted molar refractivity (Wildman–Crippen MR) is 132 cm³/mol. The van der Waals surface area contributed by atoms with Crippen molar-refractivity contribution in [1.29, 1.82) is 0 Å². The molecule has 1 heterocycles. The minimum Gasteiger partial charge on any atom is -0.324 e. The van der Waals surface area contributed by atoms with Crippen LogP contribution < -0.4 is 0 Å². The molecule has 3 nitrogen and oxygen atoms in total. The molecule has 1 unspecified atom stereocenters. The van der Waals surface area contributed by atoms with E-state index in [0.29, 0.717) is 0 Å². The second-order valence-electron chi connectivity index (χ2n) is 9.80. The number of hydrogen-bond donors (Lipinski definition) is 0. The average Bonchev–Trinajstić information content (AvgIpc) is 2.60. The highest BCUT2D eigenvalue weighted by atomic mass is 35.5. The molecular weight excluding hydrogens is 392 g/mol. The summed E-state index contributed by atoms with van der Waals surface area (Å²) >= 11 is 6.45. The van der Waals surface area contributed by atoms with Crippen molar-refractivity contribution in [2.24, 2.45) is 0 Å². The number of piperazine rings is 1. The van der Waals surface area contributed by atoms with E-state index in [1.807, 2.05) is 11.8 Å². The lowest BCUT2D eigenvalue weighted by atomic mass is 10.0. The molecule has 1 saturated heterocycles. The molecule has 0 radical (unpaired) electrons. The van der Waals surface area contributed by atoms with E-state index in [0.717, 1.165) is 68.2 Å². The number of quaternary nitrogens is 1. The van der Waals surface area contributed by atoms with E-state index in [-0.39, 0.29) is 11.4 Å². The van der Waals surface area contributed by atoms with Crippen LogP contribution in [0.4, 0.5) is 0 Å². The zero-order valence-electron chi connectivity index (χ0n) is 20.4. The Bertz CT molecular complexity index is 681. The van der Waals surface area contributed by atoms with Gasteiger partial charge in [0.2, 0.25) is 5.91 Å². The first-order valence-electron chi connectivity index (χ1n) is 11.4. The molecule has 0 N–H and O–H groups in total. The van der Waals surface area contributed by atoms with Crippen molar-refractivity contribution in [1.82, 2.24) is 4.90 Å². The van der Waals surface area contributed by atoms with Gasteiger partial charge in [-0.2, -0.15) is 0 Å². The highest BCUT2D eigenvalue weighted by molar-refractivity contribution is 6.21. The topological polar surface area (TPSA) is 20.3 Å². The van der Waals surface area contributed by atoms with Crippen LogP contribution in [0.3, 0.4) is 0 Å². The maximum Gasteiger partial charge on any atom is 0.248 e. The third-order valence-electron chi connectivity index (χ3n) is 5.74. The van der Waals surface area contributed by atoms with Gasteiger partial charge in [0.05, 0.1) is 27.2 Å². The fraction of sp³-hybridized carbons (Fsp3) is 0.654. The molecule has 0 aliphatic carbocycles. The Labute approximate surface area is 190 Å². The van der Waals surface area contributed by atoms with E-state index < -0.39 is 0 Å². The fourth-order valence-electron chi connectivity index (χ4n) is 3.62. The van der Waals surface area contributed by atoms with Crippen molar-refractivity contribution < 1.29 is 9.28 Å². The van der Waals surface area contributed by atoms with Crippen LogP contribution in [0.5, 0.6) is 0 Å². The molecule has 0 aromatic carbocycles. The summed E-state index contributed by atoms with van der Waals surface area (Å²) in [5, 5.41) is 0. The number of allylic oxidation sites excluding steroid dienone is 7. The molecule has 0 aromatic heterocycles. The molecule has 0 aromatic rings. The van der Waals surface area contributed by atoms with Crippen molar-refractivity contribution in [3.63, 3.8) is 0 Å². The monoisotopic (exact) mass is 435 g/mol. The fourth-order valence-corrected chi connectivity index (χ4v) is 4.18.